The highest BCUT2D eigenvalue weighted by Crippen LogP contribution is 2.39. The highest BCUT2D eigenvalue weighted by Gasteiger charge is 2.44. The molecule has 3 aliphatic heterocycles. The molecule has 0 bridgehead atoms. The molecule has 1 N–H and O–H groups in total. The van der Waals surface area contributed by atoms with Crippen LogP contribution in [0.2, 0.25) is 0 Å². The number of carbonyl (C=O) groups excluding carboxylic acids is 1. The van der Waals surface area contributed by atoms with Crippen molar-refractivity contribution in [3.05, 3.63) is 35.6 Å². The Morgan fingerprint density at radius 3 is 2.86 bits per heavy atom. The van der Waals surface area contributed by atoms with Crippen molar-refractivity contribution in [3.8, 4) is 0 Å². The van der Waals surface area contributed by atoms with Crippen LogP contribution in [0.25, 0.3) is 0 Å². The van der Waals surface area contributed by atoms with E-state index in [1.54, 1.807) is 6.07 Å². The van der Waals surface area contributed by atoms with Crippen LogP contribution in [0.4, 0.5) is 4.39 Å². The lowest BCUT2D eigenvalue weighted by atomic mass is 9.74. The van der Waals surface area contributed by atoms with E-state index in [0.29, 0.717) is 45.5 Å². The Bertz CT molecular complexity index is 727. The summed E-state index contributed by atoms with van der Waals surface area (Å²) in [6.07, 6.45) is 4.22. The van der Waals surface area contributed by atoms with E-state index in [-0.39, 0.29) is 23.9 Å². The maximum atomic E-state index is 13.5. The van der Waals surface area contributed by atoms with Gasteiger partial charge in [0, 0.05) is 38.2 Å². The largest absolute Gasteiger partial charge is 0.392 e. The van der Waals surface area contributed by atoms with Gasteiger partial charge in [-0.25, -0.2) is 4.39 Å². The standard InChI is InChI=1S/C21H27FN2O4/c22-16-4-1-3-15(11-16)19-12-18(28-24-19)13-21(6-9-26-10-7-21)20(25)23-17-5-2-8-27-14-17/h1,3-4,11,17-18H,2,5-10,12-14H2,(H,23,25). The van der Waals surface area contributed by atoms with E-state index in [1.165, 1.54) is 12.1 Å². The van der Waals surface area contributed by atoms with Gasteiger partial charge in [0.25, 0.3) is 0 Å². The predicted octanol–water partition coefficient (Wildman–Crippen LogP) is 2.80. The molecule has 152 valence electrons. The summed E-state index contributed by atoms with van der Waals surface area (Å²) in [4.78, 5) is 18.9. The normalized spacial score (nSPS) is 27.0. The van der Waals surface area contributed by atoms with Gasteiger partial charge < -0.3 is 19.6 Å². The second-order valence-electron chi connectivity index (χ2n) is 7.96. The van der Waals surface area contributed by atoms with E-state index in [2.05, 4.69) is 10.5 Å². The zero-order chi connectivity index (χ0) is 19.4. The van der Waals surface area contributed by atoms with Crippen LogP contribution in [0.1, 0.15) is 44.1 Å². The quantitative estimate of drug-likeness (QED) is 0.839. The molecule has 6 nitrogen and oxygen atoms in total. The third-order valence-electron chi connectivity index (χ3n) is 5.94. The minimum Gasteiger partial charge on any atom is -0.392 e. The van der Waals surface area contributed by atoms with Gasteiger partial charge in [-0.3, -0.25) is 4.79 Å². The number of carbonyl (C=O) groups is 1. The number of rotatable bonds is 5. The zero-order valence-corrected chi connectivity index (χ0v) is 16.0. The summed E-state index contributed by atoms with van der Waals surface area (Å²) in [5.74, 6) is -0.229. The van der Waals surface area contributed by atoms with Crippen molar-refractivity contribution >= 4 is 11.6 Å². The molecule has 3 aliphatic rings. The molecule has 0 saturated carbocycles. The first kappa shape index (κ1) is 19.3. The number of halogens is 1. The number of nitrogens with zero attached hydrogens (tertiary/aromatic N) is 1. The highest BCUT2D eigenvalue weighted by molar-refractivity contribution is 6.01. The molecule has 4 rings (SSSR count). The minimum absolute atomic E-state index is 0.0640. The molecule has 3 heterocycles. The summed E-state index contributed by atoms with van der Waals surface area (Å²) in [6.45, 7) is 2.48. The lowest BCUT2D eigenvalue weighted by molar-refractivity contribution is -0.141. The molecule has 7 heteroatoms. The molecule has 1 amide bonds. The molecule has 2 fully saturated rings. The average Bonchev–Trinajstić information content (AvgIpc) is 3.18. The van der Waals surface area contributed by atoms with Crippen LogP contribution in [0, 0.1) is 11.2 Å². The van der Waals surface area contributed by atoms with Gasteiger partial charge in [-0.05, 0) is 37.8 Å². The van der Waals surface area contributed by atoms with E-state index < -0.39 is 5.41 Å². The van der Waals surface area contributed by atoms with E-state index in [9.17, 15) is 9.18 Å². The Kier molecular flexibility index (Phi) is 5.92. The summed E-state index contributed by atoms with van der Waals surface area (Å²) >= 11 is 0. The summed E-state index contributed by atoms with van der Waals surface area (Å²) in [5, 5.41) is 7.36. The zero-order valence-electron chi connectivity index (χ0n) is 16.0. The molecule has 2 saturated heterocycles. The molecule has 0 spiro atoms. The topological polar surface area (TPSA) is 69.2 Å². The molecule has 0 aliphatic carbocycles. The maximum Gasteiger partial charge on any atom is 0.226 e. The number of benzene rings is 1. The SMILES string of the molecule is O=C(NC1CCCOC1)C1(CC2CC(c3cccc(F)c3)=NO2)CCOCC1. The van der Waals surface area contributed by atoms with Gasteiger partial charge in [-0.1, -0.05) is 17.3 Å². The fourth-order valence-electron chi connectivity index (χ4n) is 4.29. The first-order chi connectivity index (χ1) is 13.6. The third-order valence-corrected chi connectivity index (χ3v) is 5.94. The van der Waals surface area contributed by atoms with Crippen molar-refractivity contribution in [2.45, 2.75) is 50.7 Å². The monoisotopic (exact) mass is 390 g/mol. The molecule has 1 aromatic carbocycles. The number of hydrogen-bond donors (Lipinski definition) is 1. The van der Waals surface area contributed by atoms with Gasteiger partial charge in [0.05, 0.1) is 23.8 Å². The van der Waals surface area contributed by atoms with Gasteiger partial charge in [0.15, 0.2) is 0 Å². The molecule has 2 unspecified atom stereocenters. The Labute approximate surface area is 164 Å². The van der Waals surface area contributed by atoms with Crippen molar-refractivity contribution in [2.75, 3.05) is 26.4 Å². The number of nitrogens with one attached hydrogen (secondary N) is 1. The van der Waals surface area contributed by atoms with E-state index in [1.807, 2.05) is 6.07 Å². The number of hydrogen-bond acceptors (Lipinski definition) is 5. The fraction of sp³-hybridized carbons (Fsp3) is 0.619. The van der Waals surface area contributed by atoms with Gasteiger partial charge in [0.2, 0.25) is 5.91 Å². The van der Waals surface area contributed by atoms with Crippen molar-refractivity contribution < 1.29 is 23.5 Å². The lowest BCUT2D eigenvalue weighted by Gasteiger charge is -2.38. The smallest absolute Gasteiger partial charge is 0.226 e. The lowest BCUT2D eigenvalue weighted by Crippen LogP contribution is -2.51. The van der Waals surface area contributed by atoms with Crippen LogP contribution < -0.4 is 5.32 Å². The van der Waals surface area contributed by atoms with Crippen LogP contribution >= 0.6 is 0 Å². The van der Waals surface area contributed by atoms with Crippen LogP contribution in [0.15, 0.2) is 29.4 Å². The Hall–Kier alpha value is -1.99. The van der Waals surface area contributed by atoms with Gasteiger partial charge in [-0.15, -0.1) is 0 Å². The molecular formula is C21H27FN2O4. The van der Waals surface area contributed by atoms with Gasteiger partial charge >= 0.3 is 0 Å². The van der Waals surface area contributed by atoms with Crippen LogP contribution in [0.3, 0.4) is 0 Å². The Morgan fingerprint density at radius 2 is 2.11 bits per heavy atom. The molecule has 2 atom stereocenters. The van der Waals surface area contributed by atoms with Crippen molar-refractivity contribution in [1.82, 2.24) is 5.32 Å². The number of oxime groups is 1. The number of amides is 1. The van der Waals surface area contributed by atoms with Crippen LogP contribution in [-0.2, 0) is 19.1 Å². The van der Waals surface area contributed by atoms with Gasteiger partial charge in [-0.2, -0.15) is 0 Å². The summed E-state index contributed by atoms with van der Waals surface area (Å²) < 4.78 is 24.5. The highest BCUT2D eigenvalue weighted by atomic mass is 19.1. The van der Waals surface area contributed by atoms with Crippen LogP contribution in [-0.4, -0.2) is 50.2 Å². The Morgan fingerprint density at radius 1 is 1.25 bits per heavy atom. The third kappa shape index (κ3) is 4.36. The van der Waals surface area contributed by atoms with E-state index in [4.69, 9.17) is 14.3 Å². The average molecular weight is 390 g/mol. The van der Waals surface area contributed by atoms with E-state index in [0.717, 1.165) is 30.7 Å². The Balaban J connectivity index is 1.41. The number of ether oxygens (including phenoxy) is 2. The van der Waals surface area contributed by atoms with E-state index >= 15 is 0 Å². The summed E-state index contributed by atoms with van der Waals surface area (Å²) in [5.41, 5.74) is 0.938. The second kappa shape index (κ2) is 8.57. The predicted molar refractivity (Wildman–Crippen MR) is 102 cm³/mol. The second-order valence-corrected chi connectivity index (χ2v) is 7.96. The van der Waals surface area contributed by atoms with Crippen molar-refractivity contribution in [3.63, 3.8) is 0 Å². The first-order valence-electron chi connectivity index (χ1n) is 10.1. The fourth-order valence-corrected chi connectivity index (χ4v) is 4.29. The van der Waals surface area contributed by atoms with Crippen molar-refractivity contribution in [2.24, 2.45) is 10.6 Å². The molecule has 0 aromatic heterocycles. The van der Waals surface area contributed by atoms with Crippen molar-refractivity contribution in [1.29, 1.82) is 0 Å². The van der Waals surface area contributed by atoms with Crippen LogP contribution in [0.5, 0.6) is 0 Å². The molecule has 28 heavy (non-hydrogen) atoms. The maximum absolute atomic E-state index is 13.5. The first-order valence-corrected chi connectivity index (χ1v) is 10.1. The summed E-state index contributed by atoms with van der Waals surface area (Å²) in [7, 11) is 0. The molecule has 1 aromatic rings. The minimum atomic E-state index is -0.521. The molecule has 0 radical (unpaired) electrons. The van der Waals surface area contributed by atoms with Gasteiger partial charge in [0.1, 0.15) is 11.9 Å². The molecular weight excluding hydrogens is 363 g/mol. The summed E-state index contributed by atoms with van der Waals surface area (Å²) in [6, 6.07) is 6.44.